The van der Waals surface area contributed by atoms with Crippen LogP contribution in [0.5, 0.6) is 0 Å². The average molecular weight is 392 g/mol. The third-order valence-corrected chi connectivity index (χ3v) is 4.15. The van der Waals surface area contributed by atoms with E-state index >= 15 is 0 Å². The van der Waals surface area contributed by atoms with Gasteiger partial charge in [-0.05, 0) is 24.5 Å². The Morgan fingerprint density at radius 2 is 1.96 bits per heavy atom. The van der Waals surface area contributed by atoms with Gasteiger partial charge in [0.1, 0.15) is 6.04 Å². The number of hydroxylamine groups is 2. The maximum atomic E-state index is 12.8. The zero-order valence-corrected chi connectivity index (χ0v) is 17.3. The molecule has 0 spiro atoms. The van der Waals surface area contributed by atoms with E-state index in [4.69, 9.17) is 14.3 Å². The zero-order valence-electron chi connectivity index (χ0n) is 17.3. The van der Waals surface area contributed by atoms with E-state index < -0.39 is 6.04 Å². The molecule has 1 unspecified atom stereocenters. The number of nitrogens with zero attached hydrogens (tertiary/aromatic N) is 1. The molecule has 0 saturated heterocycles. The van der Waals surface area contributed by atoms with E-state index in [2.05, 4.69) is 12.2 Å². The highest BCUT2D eigenvalue weighted by molar-refractivity contribution is 5.98. The van der Waals surface area contributed by atoms with Gasteiger partial charge >= 0.3 is 0 Å². The number of methoxy groups -OCH3 is 1. The number of nitrogens with one attached hydrogen (secondary N) is 1. The molecule has 0 heterocycles. The van der Waals surface area contributed by atoms with Gasteiger partial charge < -0.3 is 14.8 Å². The molecule has 0 fully saturated rings. The first-order chi connectivity index (χ1) is 13.5. The van der Waals surface area contributed by atoms with Crippen LogP contribution in [0.3, 0.4) is 0 Å². The summed E-state index contributed by atoms with van der Waals surface area (Å²) in [5, 5.41) is 3.92. The molecule has 7 nitrogen and oxygen atoms in total. The van der Waals surface area contributed by atoms with E-state index in [9.17, 15) is 9.59 Å². The van der Waals surface area contributed by atoms with Crippen molar-refractivity contribution in [1.82, 2.24) is 10.4 Å². The van der Waals surface area contributed by atoms with Gasteiger partial charge in [-0.2, -0.15) is 0 Å². The molecule has 0 aliphatic carbocycles. The van der Waals surface area contributed by atoms with Crippen molar-refractivity contribution in [2.45, 2.75) is 38.8 Å². The molecule has 1 rings (SSSR count). The molecule has 0 aromatic heterocycles. The van der Waals surface area contributed by atoms with Gasteiger partial charge in [0.15, 0.2) is 0 Å². The Labute approximate surface area is 167 Å². The molecule has 7 heteroatoms. The lowest BCUT2D eigenvalue weighted by atomic mass is 10.1. The van der Waals surface area contributed by atoms with Crippen molar-refractivity contribution in [1.29, 1.82) is 0 Å². The van der Waals surface area contributed by atoms with E-state index in [0.717, 1.165) is 23.5 Å². The third kappa shape index (κ3) is 8.21. The fourth-order valence-electron chi connectivity index (χ4n) is 2.46. The molecule has 1 N–H and O–H groups in total. The minimum atomic E-state index is -0.750. The van der Waals surface area contributed by atoms with Crippen molar-refractivity contribution >= 4 is 11.8 Å². The first kappa shape index (κ1) is 23.8. The van der Waals surface area contributed by atoms with Crippen LogP contribution in [0.4, 0.5) is 0 Å². The molecule has 0 aliphatic heterocycles. The van der Waals surface area contributed by atoms with Crippen molar-refractivity contribution < 1.29 is 23.9 Å². The SMILES string of the molecule is CCCCOCc1ccccc1C(=O)NC(C/C=C\COC)C(=O)N(C)OC. The molecule has 1 aromatic rings. The number of rotatable bonds is 13. The van der Waals surface area contributed by atoms with Crippen LogP contribution in [-0.2, 0) is 25.7 Å². The van der Waals surface area contributed by atoms with Gasteiger partial charge in [0, 0.05) is 26.3 Å². The van der Waals surface area contributed by atoms with Crippen molar-refractivity contribution in [2.24, 2.45) is 0 Å². The summed E-state index contributed by atoms with van der Waals surface area (Å²) >= 11 is 0. The maximum Gasteiger partial charge on any atom is 0.268 e. The second-order valence-electron chi connectivity index (χ2n) is 6.27. The number of carbonyl (C=O) groups excluding carboxylic acids is 2. The number of hydrogen-bond acceptors (Lipinski definition) is 5. The van der Waals surface area contributed by atoms with Gasteiger partial charge in [0.2, 0.25) is 0 Å². The molecule has 156 valence electrons. The zero-order chi connectivity index (χ0) is 20.8. The highest BCUT2D eigenvalue weighted by Gasteiger charge is 2.24. The standard InChI is InChI=1S/C21H32N2O5/c1-5-6-15-28-16-17-11-7-8-12-18(17)20(24)22-19(13-9-10-14-26-3)21(25)23(2)27-4/h7-12,19H,5-6,13-16H2,1-4H3,(H,22,24)/b10-9-. The summed E-state index contributed by atoms with van der Waals surface area (Å²) in [4.78, 5) is 30.3. The number of unbranched alkanes of at least 4 members (excludes halogenated alkanes) is 1. The summed E-state index contributed by atoms with van der Waals surface area (Å²) in [6.45, 7) is 3.54. The third-order valence-electron chi connectivity index (χ3n) is 4.15. The minimum absolute atomic E-state index is 0.322. The van der Waals surface area contributed by atoms with Gasteiger partial charge in [-0.3, -0.25) is 14.4 Å². The van der Waals surface area contributed by atoms with Crippen molar-refractivity contribution in [2.75, 3.05) is 34.5 Å². The lowest BCUT2D eigenvalue weighted by Crippen LogP contribution is -2.47. The van der Waals surface area contributed by atoms with Crippen LogP contribution >= 0.6 is 0 Å². The number of likely N-dealkylation sites (N-methyl/N-ethyl adjacent to an activating group) is 1. The van der Waals surface area contributed by atoms with Crippen LogP contribution in [0.15, 0.2) is 36.4 Å². The predicted octanol–water partition coefficient (Wildman–Crippen LogP) is 2.71. The quantitative estimate of drug-likeness (QED) is 0.317. The van der Waals surface area contributed by atoms with Gasteiger partial charge in [-0.1, -0.05) is 43.7 Å². The monoisotopic (exact) mass is 392 g/mol. The van der Waals surface area contributed by atoms with Crippen LogP contribution in [0.1, 0.15) is 42.1 Å². The molecule has 28 heavy (non-hydrogen) atoms. The average Bonchev–Trinajstić information content (AvgIpc) is 2.72. The van der Waals surface area contributed by atoms with Crippen molar-refractivity contribution in [3.63, 3.8) is 0 Å². The molecule has 1 aromatic carbocycles. The molecule has 0 radical (unpaired) electrons. The van der Waals surface area contributed by atoms with Crippen molar-refractivity contribution in [3.8, 4) is 0 Å². The van der Waals surface area contributed by atoms with E-state index in [1.165, 1.54) is 14.2 Å². The number of ether oxygens (including phenoxy) is 2. The highest BCUT2D eigenvalue weighted by atomic mass is 16.7. The summed E-state index contributed by atoms with van der Waals surface area (Å²) in [7, 11) is 4.50. The number of hydrogen-bond donors (Lipinski definition) is 1. The largest absolute Gasteiger partial charge is 0.381 e. The Morgan fingerprint density at radius 1 is 1.21 bits per heavy atom. The van der Waals surface area contributed by atoms with E-state index in [0.29, 0.717) is 31.8 Å². The fraction of sp³-hybridized carbons (Fsp3) is 0.524. The topological polar surface area (TPSA) is 77.1 Å². The summed E-state index contributed by atoms with van der Waals surface area (Å²) in [6, 6.07) is 6.50. The molecule has 2 amide bonds. The molecule has 0 saturated carbocycles. The first-order valence-corrected chi connectivity index (χ1v) is 9.47. The smallest absolute Gasteiger partial charge is 0.268 e. The van der Waals surface area contributed by atoms with Crippen LogP contribution in [0, 0.1) is 0 Å². The highest BCUT2D eigenvalue weighted by Crippen LogP contribution is 2.12. The molecular weight excluding hydrogens is 360 g/mol. The van der Waals surface area contributed by atoms with E-state index in [1.807, 2.05) is 12.1 Å². The molecule has 1 atom stereocenters. The van der Waals surface area contributed by atoms with E-state index in [-0.39, 0.29) is 11.8 Å². The molecule has 0 bridgehead atoms. The Bertz CT molecular complexity index is 633. The van der Waals surface area contributed by atoms with Crippen LogP contribution in [0.25, 0.3) is 0 Å². The van der Waals surface area contributed by atoms with Crippen LogP contribution in [-0.4, -0.2) is 57.4 Å². The van der Waals surface area contributed by atoms with Crippen molar-refractivity contribution in [3.05, 3.63) is 47.5 Å². The summed E-state index contributed by atoms with van der Waals surface area (Å²) in [5.74, 6) is -0.660. The van der Waals surface area contributed by atoms with Gasteiger partial charge in [0.05, 0.1) is 20.3 Å². The predicted molar refractivity (Wildman–Crippen MR) is 108 cm³/mol. The first-order valence-electron chi connectivity index (χ1n) is 9.47. The van der Waals surface area contributed by atoms with Crippen LogP contribution < -0.4 is 5.32 Å². The number of carbonyl (C=O) groups is 2. The normalized spacial score (nSPS) is 12.1. The molecule has 0 aliphatic rings. The summed E-state index contributed by atoms with van der Waals surface area (Å²) in [5.41, 5.74) is 1.29. The lowest BCUT2D eigenvalue weighted by molar-refractivity contribution is -0.170. The van der Waals surface area contributed by atoms with E-state index in [1.54, 1.807) is 31.4 Å². The lowest BCUT2D eigenvalue weighted by Gasteiger charge is -2.22. The Balaban J connectivity index is 2.87. The van der Waals surface area contributed by atoms with Gasteiger partial charge in [-0.25, -0.2) is 5.06 Å². The maximum absolute atomic E-state index is 12.8. The number of benzene rings is 1. The van der Waals surface area contributed by atoms with Gasteiger partial charge in [-0.15, -0.1) is 0 Å². The Hall–Kier alpha value is -2.22. The number of amides is 2. The fourth-order valence-corrected chi connectivity index (χ4v) is 2.46. The summed E-state index contributed by atoms with van der Waals surface area (Å²) in [6.07, 6.45) is 5.96. The van der Waals surface area contributed by atoms with Crippen LogP contribution in [0.2, 0.25) is 0 Å². The summed E-state index contributed by atoms with van der Waals surface area (Å²) < 4.78 is 10.6. The van der Waals surface area contributed by atoms with Gasteiger partial charge in [0.25, 0.3) is 11.8 Å². The Morgan fingerprint density at radius 3 is 2.64 bits per heavy atom. The second kappa shape index (κ2) is 13.9. The molecular formula is C21H32N2O5. The second-order valence-corrected chi connectivity index (χ2v) is 6.27. The minimum Gasteiger partial charge on any atom is -0.381 e. The Kier molecular flexibility index (Phi) is 11.8.